The Morgan fingerprint density at radius 3 is 2.92 bits per heavy atom. The molecule has 2 heterocycles. The molecule has 1 aliphatic rings. The maximum Gasteiger partial charge on any atom is 0.340 e. The van der Waals surface area contributed by atoms with Crippen LogP contribution in [0.3, 0.4) is 0 Å². The van der Waals surface area contributed by atoms with Gasteiger partial charge in [-0.1, -0.05) is 11.6 Å². The molecule has 0 unspecified atom stereocenters. The van der Waals surface area contributed by atoms with Crippen LogP contribution in [0.5, 0.6) is 11.5 Å². The van der Waals surface area contributed by atoms with Crippen molar-refractivity contribution in [3.8, 4) is 11.5 Å². The molecule has 3 rings (SSSR count). The van der Waals surface area contributed by atoms with Crippen LogP contribution in [0, 0.1) is 0 Å². The average Bonchev–Trinajstić information content (AvgIpc) is 2.89. The first-order chi connectivity index (χ1) is 12.1. The first-order valence-electron chi connectivity index (χ1n) is 7.62. The number of carbonyl (C=O) groups excluding carboxylic acids is 2. The molecule has 2 aromatic rings. The summed E-state index contributed by atoms with van der Waals surface area (Å²) in [5, 5.41) is 5.31. The van der Waals surface area contributed by atoms with Crippen LogP contribution >= 0.6 is 22.9 Å². The summed E-state index contributed by atoms with van der Waals surface area (Å²) in [7, 11) is 1.30. The van der Waals surface area contributed by atoms with Gasteiger partial charge in [-0.25, -0.2) is 4.79 Å². The fourth-order valence-electron chi connectivity index (χ4n) is 2.42. The molecule has 0 aliphatic carbocycles. The van der Waals surface area contributed by atoms with Gasteiger partial charge in [-0.15, -0.1) is 11.3 Å². The fourth-order valence-corrected chi connectivity index (χ4v) is 3.50. The standard InChI is InChI=1S/C17H16ClNO5S/c1-22-17(21)11-3-6-25-16(11)19-14(20)9-10-7-12(18)15-13(8-10)23-4-2-5-24-15/h3,6-8H,2,4-5,9H2,1H3,(H,19,20). The highest BCUT2D eigenvalue weighted by molar-refractivity contribution is 7.14. The van der Waals surface area contributed by atoms with Gasteiger partial charge in [-0.05, 0) is 29.1 Å². The molecule has 6 nitrogen and oxygen atoms in total. The molecule has 1 amide bonds. The number of methoxy groups -OCH3 is 1. The molecule has 8 heteroatoms. The molecule has 0 saturated heterocycles. The third-order valence-electron chi connectivity index (χ3n) is 3.55. The minimum atomic E-state index is -0.491. The van der Waals surface area contributed by atoms with Crippen molar-refractivity contribution in [3.05, 3.63) is 39.7 Å². The van der Waals surface area contributed by atoms with Crippen molar-refractivity contribution in [2.24, 2.45) is 0 Å². The van der Waals surface area contributed by atoms with Crippen molar-refractivity contribution in [1.29, 1.82) is 0 Å². The molecule has 1 aromatic carbocycles. The number of nitrogens with one attached hydrogen (secondary N) is 1. The molecular weight excluding hydrogens is 366 g/mol. The van der Waals surface area contributed by atoms with Crippen LogP contribution in [0.15, 0.2) is 23.6 Å². The van der Waals surface area contributed by atoms with E-state index in [2.05, 4.69) is 5.32 Å². The summed E-state index contributed by atoms with van der Waals surface area (Å²) in [5.41, 5.74) is 1.03. The number of amides is 1. The molecule has 0 radical (unpaired) electrons. The summed E-state index contributed by atoms with van der Waals surface area (Å²) in [4.78, 5) is 24.0. The van der Waals surface area contributed by atoms with Crippen molar-refractivity contribution in [1.82, 2.24) is 0 Å². The topological polar surface area (TPSA) is 73.9 Å². The molecule has 0 atom stereocenters. The lowest BCUT2D eigenvalue weighted by Gasteiger charge is -2.11. The highest BCUT2D eigenvalue weighted by atomic mass is 35.5. The molecule has 1 aliphatic heterocycles. The molecular formula is C17H16ClNO5S. The number of hydrogen-bond acceptors (Lipinski definition) is 6. The molecule has 1 N–H and O–H groups in total. The molecule has 1 aromatic heterocycles. The lowest BCUT2D eigenvalue weighted by molar-refractivity contribution is -0.115. The normalized spacial score (nSPS) is 13.0. The van der Waals surface area contributed by atoms with Gasteiger partial charge in [0.1, 0.15) is 5.00 Å². The minimum Gasteiger partial charge on any atom is -0.489 e. The van der Waals surface area contributed by atoms with Crippen molar-refractivity contribution in [3.63, 3.8) is 0 Å². The van der Waals surface area contributed by atoms with Crippen LogP contribution in [0.1, 0.15) is 22.3 Å². The number of fused-ring (bicyclic) bond motifs is 1. The largest absolute Gasteiger partial charge is 0.489 e. The highest BCUT2D eigenvalue weighted by Gasteiger charge is 2.18. The minimum absolute atomic E-state index is 0.0921. The Morgan fingerprint density at radius 2 is 2.12 bits per heavy atom. The first-order valence-corrected chi connectivity index (χ1v) is 8.88. The van der Waals surface area contributed by atoms with Crippen molar-refractivity contribution in [2.75, 3.05) is 25.6 Å². The number of carbonyl (C=O) groups is 2. The monoisotopic (exact) mass is 381 g/mol. The van der Waals surface area contributed by atoms with Gasteiger partial charge in [0.05, 0.1) is 37.3 Å². The predicted molar refractivity (Wildman–Crippen MR) is 95.1 cm³/mol. The fraction of sp³-hybridized carbons (Fsp3) is 0.294. The van der Waals surface area contributed by atoms with Crippen LogP contribution < -0.4 is 14.8 Å². The Bertz CT molecular complexity index is 804. The Hall–Kier alpha value is -2.25. The molecule has 132 valence electrons. The Morgan fingerprint density at radius 1 is 1.32 bits per heavy atom. The number of halogens is 1. The number of hydrogen-bond donors (Lipinski definition) is 1. The van der Waals surface area contributed by atoms with Crippen LogP contribution in [0.25, 0.3) is 0 Å². The van der Waals surface area contributed by atoms with Crippen molar-refractivity contribution < 1.29 is 23.8 Å². The highest BCUT2D eigenvalue weighted by Crippen LogP contribution is 2.38. The second-order valence-electron chi connectivity index (χ2n) is 5.34. The van der Waals surface area contributed by atoms with Gasteiger partial charge in [-0.2, -0.15) is 0 Å². The van der Waals surface area contributed by atoms with Gasteiger partial charge < -0.3 is 19.5 Å². The van der Waals surface area contributed by atoms with Crippen molar-refractivity contribution in [2.45, 2.75) is 12.8 Å². The number of esters is 1. The number of benzene rings is 1. The predicted octanol–water partition coefficient (Wildman–Crippen LogP) is 3.53. The van der Waals surface area contributed by atoms with E-state index in [1.807, 2.05) is 0 Å². The van der Waals surface area contributed by atoms with E-state index in [4.69, 9.17) is 25.8 Å². The molecule has 0 saturated carbocycles. The quantitative estimate of drug-likeness (QED) is 0.820. The summed E-state index contributed by atoms with van der Waals surface area (Å²) in [6.07, 6.45) is 0.865. The molecule has 0 bridgehead atoms. The molecule has 0 spiro atoms. The number of rotatable bonds is 4. The van der Waals surface area contributed by atoms with Crippen LogP contribution in [-0.4, -0.2) is 32.2 Å². The Labute approximate surface area is 153 Å². The SMILES string of the molecule is COC(=O)c1ccsc1NC(=O)Cc1cc(Cl)c2c(c1)OCCCO2. The summed E-state index contributed by atoms with van der Waals surface area (Å²) in [5.74, 6) is 0.294. The van der Waals surface area contributed by atoms with E-state index in [1.165, 1.54) is 18.4 Å². The molecule has 0 fully saturated rings. The van der Waals surface area contributed by atoms with Gasteiger partial charge in [0.25, 0.3) is 0 Å². The van der Waals surface area contributed by atoms with E-state index < -0.39 is 5.97 Å². The zero-order chi connectivity index (χ0) is 17.8. The maximum absolute atomic E-state index is 12.3. The van der Waals surface area contributed by atoms with Crippen LogP contribution in [-0.2, 0) is 16.0 Å². The summed E-state index contributed by atoms with van der Waals surface area (Å²) in [6, 6.07) is 5.04. The molecule has 25 heavy (non-hydrogen) atoms. The maximum atomic E-state index is 12.3. The van der Waals surface area contributed by atoms with E-state index in [0.717, 1.165) is 6.42 Å². The van der Waals surface area contributed by atoms with Gasteiger partial charge in [0.15, 0.2) is 11.5 Å². The Kier molecular flexibility index (Phi) is 5.45. The zero-order valence-corrected chi connectivity index (χ0v) is 15.0. The number of anilines is 1. The van der Waals surface area contributed by atoms with Gasteiger partial charge in [0, 0.05) is 6.42 Å². The van der Waals surface area contributed by atoms with Gasteiger partial charge in [-0.3, -0.25) is 4.79 Å². The third kappa shape index (κ3) is 4.05. The first kappa shape index (κ1) is 17.6. The van der Waals surface area contributed by atoms with E-state index >= 15 is 0 Å². The lowest BCUT2D eigenvalue weighted by atomic mass is 10.1. The van der Waals surface area contributed by atoms with E-state index in [9.17, 15) is 9.59 Å². The second kappa shape index (κ2) is 7.76. The van der Waals surface area contributed by atoms with Crippen LogP contribution in [0.2, 0.25) is 5.02 Å². The third-order valence-corrected chi connectivity index (χ3v) is 4.66. The lowest BCUT2D eigenvalue weighted by Crippen LogP contribution is -2.16. The van der Waals surface area contributed by atoms with Crippen LogP contribution in [0.4, 0.5) is 5.00 Å². The van der Waals surface area contributed by atoms with Crippen molar-refractivity contribution >= 4 is 39.8 Å². The summed E-state index contributed by atoms with van der Waals surface area (Å²) in [6.45, 7) is 1.08. The zero-order valence-electron chi connectivity index (χ0n) is 13.5. The van der Waals surface area contributed by atoms with Gasteiger partial charge >= 0.3 is 5.97 Å². The summed E-state index contributed by atoms with van der Waals surface area (Å²) >= 11 is 7.49. The summed E-state index contributed by atoms with van der Waals surface area (Å²) < 4.78 is 15.9. The van der Waals surface area contributed by atoms with E-state index in [-0.39, 0.29) is 12.3 Å². The number of ether oxygens (including phenoxy) is 3. The second-order valence-corrected chi connectivity index (χ2v) is 6.66. The smallest absolute Gasteiger partial charge is 0.340 e. The van der Waals surface area contributed by atoms with Gasteiger partial charge in [0.2, 0.25) is 5.91 Å². The van der Waals surface area contributed by atoms with E-state index in [0.29, 0.717) is 45.9 Å². The Balaban J connectivity index is 1.73. The average molecular weight is 382 g/mol. The van der Waals surface area contributed by atoms with E-state index in [1.54, 1.807) is 23.6 Å². The number of thiophene rings is 1.